The maximum Gasteiger partial charge on any atom is 0.267 e. The molecule has 4 N–H and O–H groups in total. The standard InChI is InChI=1S/C23H29F3N6O2/c1-14-2-4-15(5-3-14)17-8-23(25,26)12-32(17)22-20(24)21(29-13-30-22)28-9-16-6-7-31(10-18(16)33)11-19(27)34/h2-5,13,16-18,33H,6-12H2,1H3,(H2,27,34)(H,28,29,30). The average molecular weight is 479 g/mol. The van der Waals surface area contributed by atoms with Gasteiger partial charge in [0, 0.05) is 25.4 Å². The van der Waals surface area contributed by atoms with E-state index >= 15 is 4.39 Å². The zero-order valence-electron chi connectivity index (χ0n) is 18.9. The number of carbonyl (C=O) groups is 1. The van der Waals surface area contributed by atoms with Gasteiger partial charge in [-0.25, -0.2) is 18.7 Å². The summed E-state index contributed by atoms with van der Waals surface area (Å²) in [7, 11) is 0. The van der Waals surface area contributed by atoms with Crippen molar-refractivity contribution in [2.45, 2.75) is 37.8 Å². The molecule has 3 heterocycles. The molecule has 0 spiro atoms. The Morgan fingerprint density at radius 1 is 1.29 bits per heavy atom. The zero-order chi connectivity index (χ0) is 24.5. The van der Waals surface area contributed by atoms with Crippen molar-refractivity contribution in [3.63, 3.8) is 0 Å². The number of aryl methyl sites for hydroxylation is 1. The maximum absolute atomic E-state index is 15.4. The number of primary amides is 1. The number of aromatic nitrogens is 2. The Labute approximate surface area is 196 Å². The summed E-state index contributed by atoms with van der Waals surface area (Å²) >= 11 is 0. The number of likely N-dealkylation sites (tertiary alicyclic amines) is 1. The van der Waals surface area contributed by atoms with E-state index in [0.29, 0.717) is 18.5 Å². The van der Waals surface area contributed by atoms with Gasteiger partial charge in [0.05, 0.1) is 25.2 Å². The molecule has 1 amide bonds. The molecule has 8 nitrogen and oxygen atoms in total. The number of rotatable bonds is 7. The Balaban J connectivity index is 1.48. The minimum absolute atomic E-state index is 0.0731. The number of hydrogen-bond acceptors (Lipinski definition) is 7. The first-order valence-electron chi connectivity index (χ1n) is 11.3. The molecule has 2 fully saturated rings. The number of nitrogens with one attached hydrogen (secondary N) is 1. The Morgan fingerprint density at radius 2 is 2.03 bits per heavy atom. The molecule has 1 aromatic carbocycles. The fourth-order valence-electron chi connectivity index (χ4n) is 4.69. The Kier molecular flexibility index (Phi) is 6.94. The molecule has 34 heavy (non-hydrogen) atoms. The number of benzene rings is 1. The van der Waals surface area contributed by atoms with E-state index in [-0.39, 0.29) is 37.2 Å². The lowest BCUT2D eigenvalue weighted by Gasteiger charge is -2.35. The molecule has 3 unspecified atom stereocenters. The van der Waals surface area contributed by atoms with Crippen molar-refractivity contribution < 1.29 is 23.1 Å². The molecule has 4 rings (SSSR count). The molecule has 0 bridgehead atoms. The van der Waals surface area contributed by atoms with Crippen LogP contribution in [0, 0.1) is 18.7 Å². The van der Waals surface area contributed by atoms with E-state index in [2.05, 4.69) is 15.3 Å². The van der Waals surface area contributed by atoms with Gasteiger partial charge in [-0.15, -0.1) is 0 Å². The SMILES string of the molecule is Cc1ccc(C2CC(F)(F)CN2c2ncnc(NCC3CCN(CC(N)=O)CC3O)c2F)cc1. The highest BCUT2D eigenvalue weighted by atomic mass is 19.3. The molecule has 2 aliphatic heterocycles. The van der Waals surface area contributed by atoms with Crippen molar-refractivity contribution in [2.24, 2.45) is 11.7 Å². The summed E-state index contributed by atoms with van der Waals surface area (Å²) in [5, 5.41) is 13.3. The monoisotopic (exact) mass is 478 g/mol. The number of halogens is 3. The van der Waals surface area contributed by atoms with Crippen molar-refractivity contribution in [1.82, 2.24) is 14.9 Å². The third kappa shape index (κ3) is 5.41. The highest BCUT2D eigenvalue weighted by molar-refractivity contribution is 5.75. The molecule has 0 aliphatic carbocycles. The number of hydrogen-bond donors (Lipinski definition) is 3. The predicted molar refractivity (Wildman–Crippen MR) is 121 cm³/mol. The van der Waals surface area contributed by atoms with Crippen LogP contribution in [0.15, 0.2) is 30.6 Å². The van der Waals surface area contributed by atoms with Gasteiger partial charge in [0.25, 0.3) is 5.92 Å². The van der Waals surface area contributed by atoms with E-state index in [1.165, 1.54) is 4.90 Å². The summed E-state index contributed by atoms with van der Waals surface area (Å²) in [4.78, 5) is 22.1. The number of amides is 1. The molecule has 3 atom stereocenters. The fourth-order valence-corrected chi connectivity index (χ4v) is 4.69. The summed E-state index contributed by atoms with van der Waals surface area (Å²) < 4.78 is 44.2. The summed E-state index contributed by atoms with van der Waals surface area (Å²) in [6.45, 7) is 2.43. The van der Waals surface area contributed by atoms with Gasteiger partial charge in [0.15, 0.2) is 11.6 Å². The lowest BCUT2D eigenvalue weighted by Crippen LogP contribution is -2.48. The quantitative estimate of drug-likeness (QED) is 0.559. The Bertz CT molecular complexity index is 1020. The summed E-state index contributed by atoms with van der Waals surface area (Å²) in [5.74, 6) is -4.73. The highest BCUT2D eigenvalue weighted by Gasteiger charge is 2.47. The van der Waals surface area contributed by atoms with Crippen LogP contribution in [0.25, 0.3) is 0 Å². The second-order valence-corrected chi connectivity index (χ2v) is 9.17. The van der Waals surface area contributed by atoms with E-state index in [9.17, 15) is 18.7 Å². The number of piperidine rings is 1. The van der Waals surface area contributed by atoms with Crippen LogP contribution < -0.4 is 16.0 Å². The number of anilines is 2. The van der Waals surface area contributed by atoms with Crippen LogP contribution in [0.4, 0.5) is 24.8 Å². The van der Waals surface area contributed by atoms with Gasteiger partial charge in [-0.2, -0.15) is 4.39 Å². The Morgan fingerprint density at radius 3 is 2.71 bits per heavy atom. The van der Waals surface area contributed by atoms with E-state index in [4.69, 9.17) is 5.73 Å². The van der Waals surface area contributed by atoms with Gasteiger partial charge < -0.3 is 21.1 Å². The normalized spacial score (nSPS) is 24.9. The van der Waals surface area contributed by atoms with Crippen LogP contribution in [0.2, 0.25) is 0 Å². The van der Waals surface area contributed by atoms with Crippen molar-refractivity contribution in [2.75, 3.05) is 42.9 Å². The number of nitrogens with two attached hydrogens (primary N) is 1. The molecule has 11 heteroatoms. The minimum Gasteiger partial charge on any atom is -0.391 e. The van der Waals surface area contributed by atoms with Crippen LogP contribution >= 0.6 is 0 Å². The third-order valence-electron chi connectivity index (χ3n) is 6.49. The van der Waals surface area contributed by atoms with Crippen molar-refractivity contribution in [3.8, 4) is 0 Å². The molecule has 184 valence electrons. The van der Waals surface area contributed by atoms with Crippen LogP contribution in [0.5, 0.6) is 0 Å². The van der Waals surface area contributed by atoms with Gasteiger partial charge in [-0.05, 0) is 25.5 Å². The molecule has 1 aromatic heterocycles. The maximum atomic E-state index is 15.4. The topological polar surface area (TPSA) is 108 Å². The lowest BCUT2D eigenvalue weighted by molar-refractivity contribution is -0.120. The molecule has 2 aromatic rings. The molecule has 2 saturated heterocycles. The number of β-amino-alcohol motifs (C(OH)–C–C–N with tert-alkyl or cyclic N) is 1. The van der Waals surface area contributed by atoms with Crippen molar-refractivity contribution in [3.05, 3.63) is 47.5 Å². The average Bonchev–Trinajstić information content (AvgIpc) is 3.09. The molecule has 0 saturated carbocycles. The molecular weight excluding hydrogens is 449 g/mol. The first-order chi connectivity index (χ1) is 16.1. The van der Waals surface area contributed by atoms with Gasteiger partial charge in [0.1, 0.15) is 6.33 Å². The van der Waals surface area contributed by atoms with Gasteiger partial charge >= 0.3 is 0 Å². The smallest absolute Gasteiger partial charge is 0.267 e. The number of aliphatic hydroxyl groups is 1. The highest BCUT2D eigenvalue weighted by Crippen LogP contribution is 2.44. The largest absolute Gasteiger partial charge is 0.391 e. The van der Waals surface area contributed by atoms with Gasteiger partial charge in [-0.1, -0.05) is 29.8 Å². The third-order valence-corrected chi connectivity index (χ3v) is 6.49. The second kappa shape index (κ2) is 9.75. The van der Waals surface area contributed by atoms with E-state index in [0.717, 1.165) is 11.9 Å². The fraction of sp³-hybridized carbons (Fsp3) is 0.522. The van der Waals surface area contributed by atoms with E-state index in [1.807, 2.05) is 19.1 Å². The second-order valence-electron chi connectivity index (χ2n) is 9.17. The van der Waals surface area contributed by atoms with Crippen LogP contribution in [0.1, 0.15) is 30.0 Å². The van der Waals surface area contributed by atoms with Crippen molar-refractivity contribution >= 4 is 17.5 Å². The number of nitrogens with zero attached hydrogens (tertiary/aromatic N) is 4. The molecular formula is C23H29F3N6O2. The van der Waals surface area contributed by atoms with E-state index in [1.54, 1.807) is 17.0 Å². The number of alkyl halides is 2. The van der Waals surface area contributed by atoms with Gasteiger partial charge in [-0.3, -0.25) is 9.69 Å². The predicted octanol–water partition coefficient (Wildman–Crippen LogP) is 2.09. The summed E-state index contributed by atoms with van der Waals surface area (Å²) in [5.41, 5.74) is 6.88. The van der Waals surface area contributed by atoms with Crippen LogP contribution in [-0.2, 0) is 4.79 Å². The van der Waals surface area contributed by atoms with Crippen LogP contribution in [-0.4, -0.2) is 70.6 Å². The molecule has 0 radical (unpaired) electrons. The minimum atomic E-state index is -2.98. The zero-order valence-corrected chi connectivity index (χ0v) is 18.9. The van der Waals surface area contributed by atoms with E-state index < -0.39 is 42.8 Å². The first-order valence-corrected chi connectivity index (χ1v) is 11.3. The molecule has 2 aliphatic rings. The van der Waals surface area contributed by atoms with Crippen molar-refractivity contribution in [1.29, 1.82) is 0 Å². The number of aliphatic hydroxyl groups excluding tert-OH is 1. The number of carbonyl (C=O) groups excluding carboxylic acids is 1. The summed E-state index contributed by atoms with van der Waals surface area (Å²) in [6.07, 6.45) is 0.566. The lowest BCUT2D eigenvalue weighted by atomic mass is 9.93. The first kappa shape index (κ1) is 24.2. The summed E-state index contributed by atoms with van der Waals surface area (Å²) in [6, 6.07) is 6.52. The van der Waals surface area contributed by atoms with Crippen LogP contribution in [0.3, 0.4) is 0 Å². The van der Waals surface area contributed by atoms with Gasteiger partial charge in [0.2, 0.25) is 11.7 Å². The Hall–Kier alpha value is -2.92.